The number of aromatic amines is 1. The van der Waals surface area contributed by atoms with Crippen molar-refractivity contribution in [2.24, 2.45) is 0 Å². The van der Waals surface area contributed by atoms with Crippen LogP contribution in [0.2, 0.25) is 0 Å². The summed E-state index contributed by atoms with van der Waals surface area (Å²) in [5.74, 6) is 0.0175. The molecule has 20 heavy (non-hydrogen) atoms. The first kappa shape index (κ1) is 13.6. The highest BCUT2D eigenvalue weighted by Gasteiger charge is 2.15. The number of aromatic nitrogens is 1. The van der Waals surface area contributed by atoms with Gasteiger partial charge in [-0.05, 0) is 37.3 Å². The molecule has 1 heterocycles. The summed E-state index contributed by atoms with van der Waals surface area (Å²) in [7, 11) is 0. The molecule has 0 atom stereocenters. The number of fused-ring (bicyclic) bond motifs is 1. The van der Waals surface area contributed by atoms with Gasteiger partial charge in [-0.2, -0.15) is 0 Å². The average Bonchev–Trinajstić information content (AvgIpc) is 2.79. The molecule has 0 radical (unpaired) electrons. The van der Waals surface area contributed by atoms with E-state index < -0.39 is 0 Å². The molecular weight excluding hydrogens is 382 g/mol. The first-order chi connectivity index (χ1) is 9.54. The lowest BCUT2D eigenvalue weighted by Crippen LogP contribution is -2.00. The van der Waals surface area contributed by atoms with Gasteiger partial charge in [0.2, 0.25) is 0 Å². The van der Waals surface area contributed by atoms with Gasteiger partial charge in [0.15, 0.2) is 5.78 Å². The molecule has 3 rings (SSSR count). The number of rotatable bonds is 2. The number of halogens is 2. The van der Waals surface area contributed by atoms with Crippen LogP contribution < -0.4 is 0 Å². The van der Waals surface area contributed by atoms with Crippen LogP contribution in [-0.4, -0.2) is 10.8 Å². The minimum atomic E-state index is 0.0175. The SMILES string of the molecule is Cc1ccc2[nH]cc(C(=O)c3cc(Br)cc(Br)c3)c2c1. The van der Waals surface area contributed by atoms with Crippen molar-refractivity contribution in [1.82, 2.24) is 4.98 Å². The van der Waals surface area contributed by atoms with Crippen molar-refractivity contribution >= 4 is 48.5 Å². The summed E-state index contributed by atoms with van der Waals surface area (Å²) in [6.45, 7) is 2.02. The third-order valence-corrected chi connectivity index (χ3v) is 4.12. The lowest BCUT2D eigenvalue weighted by molar-refractivity contribution is 0.104. The zero-order valence-electron chi connectivity index (χ0n) is 10.7. The van der Waals surface area contributed by atoms with Gasteiger partial charge in [-0.15, -0.1) is 0 Å². The molecule has 0 aliphatic rings. The molecule has 3 aromatic rings. The van der Waals surface area contributed by atoms with Gasteiger partial charge < -0.3 is 4.98 Å². The fourth-order valence-corrected chi connectivity index (χ4v) is 3.56. The minimum absolute atomic E-state index is 0.0175. The molecule has 0 unspecified atom stereocenters. The van der Waals surface area contributed by atoms with Crippen molar-refractivity contribution in [1.29, 1.82) is 0 Å². The van der Waals surface area contributed by atoms with Crippen LogP contribution in [0.3, 0.4) is 0 Å². The van der Waals surface area contributed by atoms with E-state index in [2.05, 4.69) is 36.8 Å². The molecule has 1 N–H and O–H groups in total. The summed E-state index contributed by atoms with van der Waals surface area (Å²) in [5, 5.41) is 0.964. The predicted octanol–water partition coefficient (Wildman–Crippen LogP) is 5.23. The molecule has 0 aliphatic heterocycles. The van der Waals surface area contributed by atoms with Crippen LogP contribution in [0.15, 0.2) is 51.5 Å². The normalized spacial score (nSPS) is 10.9. The Hall–Kier alpha value is -1.39. The number of carbonyl (C=O) groups is 1. The van der Waals surface area contributed by atoms with Gasteiger partial charge in [-0.25, -0.2) is 0 Å². The Kier molecular flexibility index (Phi) is 3.52. The minimum Gasteiger partial charge on any atom is -0.360 e. The smallest absolute Gasteiger partial charge is 0.195 e. The van der Waals surface area contributed by atoms with Crippen LogP contribution >= 0.6 is 31.9 Å². The number of hydrogen-bond acceptors (Lipinski definition) is 1. The standard InChI is InChI=1S/C16H11Br2NO/c1-9-2-3-15-13(4-9)14(8-19-15)16(20)10-5-11(17)7-12(18)6-10/h2-8,19H,1H3. The molecule has 0 saturated carbocycles. The molecule has 2 aromatic carbocycles. The Morgan fingerprint density at radius 3 is 2.45 bits per heavy atom. The van der Waals surface area contributed by atoms with Crippen LogP contribution in [0.4, 0.5) is 0 Å². The Bertz CT molecular complexity index is 800. The monoisotopic (exact) mass is 391 g/mol. The van der Waals surface area contributed by atoms with E-state index in [1.165, 1.54) is 0 Å². The van der Waals surface area contributed by atoms with E-state index in [1.54, 1.807) is 6.20 Å². The summed E-state index contributed by atoms with van der Waals surface area (Å²) in [6.07, 6.45) is 1.78. The lowest BCUT2D eigenvalue weighted by Gasteiger charge is -2.03. The summed E-state index contributed by atoms with van der Waals surface area (Å²) >= 11 is 6.83. The van der Waals surface area contributed by atoms with Crippen LogP contribution in [0.5, 0.6) is 0 Å². The molecule has 4 heteroatoms. The highest BCUT2D eigenvalue weighted by atomic mass is 79.9. The second kappa shape index (κ2) is 5.19. The molecule has 0 bridgehead atoms. The molecule has 0 amide bonds. The number of ketones is 1. The van der Waals surface area contributed by atoms with E-state index in [9.17, 15) is 4.79 Å². The Morgan fingerprint density at radius 1 is 1.05 bits per heavy atom. The van der Waals surface area contributed by atoms with Crippen molar-refractivity contribution in [3.05, 3.63) is 68.2 Å². The van der Waals surface area contributed by atoms with Crippen LogP contribution in [-0.2, 0) is 0 Å². The number of benzene rings is 2. The van der Waals surface area contributed by atoms with Gasteiger partial charge in [-0.3, -0.25) is 4.79 Å². The molecule has 2 nitrogen and oxygen atoms in total. The highest BCUT2D eigenvalue weighted by Crippen LogP contribution is 2.26. The summed E-state index contributed by atoms with van der Waals surface area (Å²) < 4.78 is 1.76. The van der Waals surface area contributed by atoms with E-state index in [0.717, 1.165) is 25.4 Å². The van der Waals surface area contributed by atoms with E-state index in [0.29, 0.717) is 11.1 Å². The van der Waals surface area contributed by atoms with Crippen molar-refractivity contribution in [2.75, 3.05) is 0 Å². The second-order valence-corrected chi connectivity index (χ2v) is 6.57. The van der Waals surface area contributed by atoms with Gasteiger partial charge in [0.05, 0.1) is 0 Å². The van der Waals surface area contributed by atoms with Crippen molar-refractivity contribution in [3.8, 4) is 0 Å². The van der Waals surface area contributed by atoms with E-state index in [-0.39, 0.29) is 5.78 Å². The molecule has 1 aromatic heterocycles. The van der Waals surface area contributed by atoms with E-state index in [4.69, 9.17) is 0 Å². The number of hydrogen-bond donors (Lipinski definition) is 1. The first-order valence-electron chi connectivity index (χ1n) is 6.13. The maximum absolute atomic E-state index is 12.7. The predicted molar refractivity (Wildman–Crippen MR) is 88.3 cm³/mol. The summed E-state index contributed by atoms with van der Waals surface area (Å²) in [5.41, 5.74) is 3.48. The molecule has 100 valence electrons. The maximum Gasteiger partial charge on any atom is 0.195 e. The molecular formula is C16H11Br2NO. The number of aryl methyl sites for hydroxylation is 1. The summed E-state index contributed by atoms with van der Waals surface area (Å²) in [4.78, 5) is 15.8. The molecule has 0 aliphatic carbocycles. The van der Waals surface area contributed by atoms with Gasteiger partial charge in [0, 0.05) is 37.2 Å². The van der Waals surface area contributed by atoms with E-state index >= 15 is 0 Å². The van der Waals surface area contributed by atoms with Crippen LogP contribution in [0, 0.1) is 6.92 Å². The largest absolute Gasteiger partial charge is 0.360 e. The van der Waals surface area contributed by atoms with Gasteiger partial charge >= 0.3 is 0 Å². The molecule has 0 fully saturated rings. The Morgan fingerprint density at radius 2 is 1.75 bits per heavy atom. The lowest BCUT2D eigenvalue weighted by atomic mass is 10.0. The Balaban J connectivity index is 2.15. The van der Waals surface area contributed by atoms with E-state index in [1.807, 2.05) is 43.3 Å². The second-order valence-electron chi connectivity index (χ2n) is 4.74. The number of nitrogens with one attached hydrogen (secondary N) is 1. The average molecular weight is 393 g/mol. The van der Waals surface area contributed by atoms with Crippen molar-refractivity contribution in [2.45, 2.75) is 6.92 Å². The fourth-order valence-electron chi connectivity index (χ4n) is 2.26. The topological polar surface area (TPSA) is 32.9 Å². The maximum atomic E-state index is 12.7. The Labute approximate surface area is 133 Å². The third kappa shape index (κ3) is 2.45. The first-order valence-corrected chi connectivity index (χ1v) is 7.72. The zero-order valence-corrected chi connectivity index (χ0v) is 13.9. The van der Waals surface area contributed by atoms with Gasteiger partial charge in [0.25, 0.3) is 0 Å². The summed E-state index contributed by atoms with van der Waals surface area (Å²) in [6, 6.07) is 11.6. The van der Waals surface area contributed by atoms with Crippen molar-refractivity contribution < 1.29 is 4.79 Å². The van der Waals surface area contributed by atoms with Crippen molar-refractivity contribution in [3.63, 3.8) is 0 Å². The number of carbonyl (C=O) groups excluding carboxylic acids is 1. The molecule has 0 saturated heterocycles. The van der Waals surface area contributed by atoms with Crippen LogP contribution in [0.25, 0.3) is 10.9 Å². The van der Waals surface area contributed by atoms with Crippen LogP contribution in [0.1, 0.15) is 21.5 Å². The quantitative estimate of drug-likeness (QED) is 0.595. The number of H-pyrrole nitrogens is 1. The zero-order chi connectivity index (χ0) is 14.3. The fraction of sp³-hybridized carbons (Fsp3) is 0.0625. The van der Waals surface area contributed by atoms with Gasteiger partial charge in [0.1, 0.15) is 0 Å². The highest BCUT2D eigenvalue weighted by molar-refractivity contribution is 9.11. The molecule has 0 spiro atoms. The third-order valence-electron chi connectivity index (χ3n) is 3.21. The van der Waals surface area contributed by atoms with Gasteiger partial charge in [-0.1, -0.05) is 43.5 Å².